The average molecular weight is 275 g/mol. The van der Waals surface area contributed by atoms with Crippen molar-refractivity contribution in [2.75, 3.05) is 6.54 Å². The van der Waals surface area contributed by atoms with Crippen LogP contribution in [0, 0.1) is 6.92 Å². The van der Waals surface area contributed by atoms with Crippen LogP contribution >= 0.6 is 11.6 Å². The van der Waals surface area contributed by atoms with Crippen molar-refractivity contribution in [2.24, 2.45) is 0 Å². The van der Waals surface area contributed by atoms with E-state index in [0.717, 1.165) is 11.3 Å². The number of halogens is 1. The van der Waals surface area contributed by atoms with Gasteiger partial charge in [0, 0.05) is 23.3 Å². The molecule has 1 aromatic carbocycles. The molecule has 0 saturated carbocycles. The molecule has 19 heavy (non-hydrogen) atoms. The fraction of sp³-hybridized carbons (Fsp3) is 0.200. The van der Waals surface area contributed by atoms with Gasteiger partial charge in [0.15, 0.2) is 5.78 Å². The van der Waals surface area contributed by atoms with Gasteiger partial charge in [0.2, 0.25) is 0 Å². The van der Waals surface area contributed by atoms with Crippen molar-refractivity contribution >= 4 is 17.4 Å². The Hall–Kier alpha value is -1.71. The van der Waals surface area contributed by atoms with Crippen molar-refractivity contribution in [3.8, 4) is 0 Å². The fourth-order valence-corrected chi connectivity index (χ4v) is 1.84. The quantitative estimate of drug-likeness (QED) is 0.852. The van der Waals surface area contributed by atoms with Gasteiger partial charge in [0.25, 0.3) is 0 Å². The third-order valence-corrected chi connectivity index (χ3v) is 3.22. The molecule has 98 valence electrons. The molecule has 0 aliphatic heterocycles. The molecule has 2 rings (SSSR count). The van der Waals surface area contributed by atoms with Gasteiger partial charge in [0.1, 0.15) is 0 Å². The monoisotopic (exact) mass is 274 g/mol. The second-order valence-electron chi connectivity index (χ2n) is 4.31. The van der Waals surface area contributed by atoms with Gasteiger partial charge in [0.05, 0.1) is 12.2 Å². The predicted molar refractivity (Wildman–Crippen MR) is 76.5 cm³/mol. The highest BCUT2D eigenvalue weighted by Gasteiger charge is 2.07. The first-order valence-electron chi connectivity index (χ1n) is 6.07. The largest absolute Gasteiger partial charge is 0.304 e. The predicted octanol–water partition coefficient (Wildman–Crippen LogP) is 3.02. The molecular weight excluding hydrogens is 260 g/mol. The number of pyridine rings is 1. The van der Waals surface area contributed by atoms with Crippen LogP contribution in [0.2, 0.25) is 5.02 Å². The Morgan fingerprint density at radius 2 is 2.16 bits per heavy atom. The number of nitrogens with zero attached hydrogens (tertiary/aromatic N) is 1. The molecule has 3 nitrogen and oxygen atoms in total. The Labute approximate surface area is 117 Å². The van der Waals surface area contributed by atoms with Crippen LogP contribution in [0.25, 0.3) is 0 Å². The molecule has 0 unspecified atom stereocenters. The van der Waals surface area contributed by atoms with Crippen LogP contribution in [-0.2, 0) is 6.54 Å². The molecule has 0 spiro atoms. The van der Waals surface area contributed by atoms with Crippen molar-refractivity contribution in [2.45, 2.75) is 13.5 Å². The molecule has 0 fully saturated rings. The molecule has 0 amide bonds. The number of nitrogens with one attached hydrogen (secondary N) is 1. The fourth-order valence-electron chi connectivity index (χ4n) is 1.73. The van der Waals surface area contributed by atoms with Gasteiger partial charge in [-0.25, -0.2) is 0 Å². The van der Waals surface area contributed by atoms with Crippen LogP contribution in [0.1, 0.15) is 21.6 Å². The Balaban J connectivity index is 1.89. The SMILES string of the molecule is Cc1cc(C(=O)CNCc2ccccn2)ccc1Cl. The number of rotatable bonds is 5. The molecule has 1 N–H and O–H groups in total. The average Bonchev–Trinajstić information content (AvgIpc) is 2.43. The Kier molecular flexibility index (Phi) is 4.66. The normalized spacial score (nSPS) is 10.4. The second kappa shape index (κ2) is 6.45. The maximum Gasteiger partial charge on any atom is 0.176 e. The highest BCUT2D eigenvalue weighted by molar-refractivity contribution is 6.31. The van der Waals surface area contributed by atoms with Gasteiger partial charge in [-0.1, -0.05) is 17.7 Å². The van der Waals surface area contributed by atoms with Crippen molar-refractivity contribution in [1.82, 2.24) is 10.3 Å². The summed E-state index contributed by atoms with van der Waals surface area (Å²) in [6.07, 6.45) is 1.74. The standard InChI is InChI=1S/C15H15ClN2O/c1-11-8-12(5-6-14(11)16)15(19)10-17-9-13-4-2-3-7-18-13/h2-8,17H,9-10H2,1H3. The molecule has 1 heterocycles. The summed E-state index contributed by atoms with van der Waals surface area (Å²) in [6.45, 7) is 2.76. The number of aromatic nitrogens is 1. The lowest BCUT2D eigenvalue weighted by Gasteiger charge is -2.05. The van der Waals surface area contributed by atoms with E-state index in [-0.39, 0.29) is 12.3 Å². The van der Waals surface area contributed by atoms with Crippen LogP contribution in [-0.4, -0.2) is 17.3 Å². The van der Waals surface area contributed by atoms with Gasteiger partial charge in [-0.2, -0.15) is 0 Å². The summed E-state index contributed by atoms with van der Waals surface area (Å²) in [5.41, 5.74) is 2.51. The topological polar surface area (TPSA) is 42.0 Å². The Morgan fingerprint density at radius 3 is 2.84 bits per heavy atom. The number of ketones is 1. The van der Waals surface area contributed by atoms with Gasteiger partial charge in [-0.3, -0.25) is 9.78 Å². The van der Waals surface area contributed by atoms with Crippen LogP contribution < -0.4 is 5.32 Å². The summed E-state index contributed by atoms with van der Waals surface area (Å²) in [5.74, 6) is 0.0516. The molecule has 4 heteroatoms. The molecule has 0 aliphatic carbocycles. The minimum atomic E-state index is 0.0516. The van der Waals surface area contributed by atoms with Crippen LogP contribution in [0.5, 0.6) is 0 Å². The highest BCUT2D eigenvalue weighted by Crippen LogP contribution is 2.16. The maximum absolute atomic E-state index is 12.0. The Bertz CT molecular complexity index is 570. The summed E-state index contributed by atoms with van der Waals surface area (Å²) < 4.78 is 0. The molecular formula is C15H15ClN2O. The Morgan fingerprint density at radius 1 is 1.32 bits per heavy atom. The number of aryl methyl sites for hydroxylation is 1. The van der Waals surface area contributed by atoms with E-state index in [1.54, 1.807) is 18.3 Å². The third-order valence-electron chi connectivity index (χ3n) is 2.80. The van der Waals surface area contributed by atoms with Crippen molar-refractivity contribution in [1.29, 1.82) is 0 Å². The minimum absolute atomic E-state index is 0.0516. The number of carbonyl (C=O) groups is 1. The zero-order valence-electron chi connectivity index (χ0n) is 10.7. The zero-order chi connectivity index (χ0) is 13.7. The van der Waals surface area contributed by atoms with Gasteiger partial charge in [-0.15, -0.1) is 0 Å². The number of hydrogen-bond acceptors (Lipinski definition) is 3. The maximum atomic E-state index is 12.0. The van der Waals surface area contributed by atoms with E-state index in [4.69, 9.17) is 11.6 Å². The molecule has 0 atom stereocenters. The van der Waals surface area contributed by atoms with E-state index >= 15 is 0 Å². The number of carbonyl (C=O) groups excluding carboxylic acids is 1. The number of hydrogen-bond donors (Lipinski definition) is 1. The van der Waals surface area contributed by atoms with E-state index in [1.165, 1.54) is 0 Å². The molecule has 0 bridgehead atoms. The summed E-state index contributed by atoms with van der Waals surface area (Å²) >= 11 is 5.93. The van der Waals surface area contributed by atoms with E-state index < -0.39 is 0 Å². The summed E-state index contributed by atoms with van der Waals surface area (Å²) in [4.78, 5) is 16.2. The molecule has 0 saturated heterocycles. The first-order valence-corrected chi connectivity index (χ1v) is 6.44. The van der Waals surface area contributed by atoms with Gasteiger partial charge < -0.3 is 5.32 Å². The highest BCUT2D eigenvalue weighted by atomic mass is 35.5. The lowest BCUT2D eigenvalue weighted by molar-refractivity contribution is 0.0990. The first kappa shape index (κ1) is 13.7. The molecule has 0 aliphatic rings. The van der Waals surface area contributed by atoms with Crippen molar-refractivity contribution in [3.05, 3.63) is 64.4 Å². The smallest absolute Gasteiger partial charge is 0.176 e. The van der Waals surface area contributed by atoms with Crippen LogP contribution in [0.15, 0.2) is 42.6 Å². The minimum Gasteiger partial charge on any atom is -0.304 e. The van der Waals surface area contributed by atoms with Gasteiger partial charge >= 0.3 is 0 Å². The molecule has 0 radical (unpaired) electrons. The van der Waals surface area contributed by atoms with E-state index in [2.05, 4.69) is 10.3 Å². The van der Waals surface area contributed by atoms with Crippen molar-refractivity contribution in [3.63, 3.8) is 0 Å². The molecule has 2 aromatic rings. The van der Waals surface area contributed by atoms with E-state index in [0.29, 0.717) is 17.1 Å². The summed E-state index contributed by atoms with van der Waals surface area (Å²) in [6, 6.07) is 11.0. The second-order valence-corrected chi connectivity index (χ2v) is 4.72. The van der Waals surface area contributed by atoms with E-state index in [9.17, 15) is 4.79 Å². The van der Waals surface area contributed by atoms with E-state index in [1.807, 2.05) is 31.2 Å². The van der Waals surface area contributed by atoms with Crippen molar-refractivity contribution < 1.29 is 4.79 Å². The lowest BCUT2D eigenvalue weighted by Crippen LogP contribution is -2.23. The summed E-state index contributed by atoms with van der Waals surface area (Å²) in [7, 11) is 0. The summed E-state index contributed by atoms with van der Waals surface area (Å²) in [5, 5.41) is 3.77. The zero-order valence-corrected chi connectivity index (χ0v) is 11.4. The van der Waals surface area contributed by atoms with Gasteiger partial charge in [-0.05, 0) is 42.8 Å². The first-order chi connectivity index (χ1) is 9.16. The number of benzene rings is 1. The van der Waals surface area contributed by atoms with Crippen LogP contribution in [0.4, 0.5) is 0 Å². The lowest BCUT2D eigenvalue weighted by atomic mass is 10.1. The molecule has 1 aromatic heterocycles. The number of Topliss-reactive ketones (excluding diaryl/α,β-unsaturated/α-hetero) is 1. The van der Waals surface area contributed by atoms with Crippen LogP contribution in [0.3, 0.4) is 0 Å². The third kappa shape index (κ3) is 3.88.